The smallest absolute Gasteiger partial charge is 0.0925 e. The fourth-order valence-electron chi connectivity index (χ4n) is 5.91. The quantitative estimate of drug-likeness (QED) is 0.701. The molecule has 20 heavy (non-hydrogen) atoms. The van der Waals surface area contributed by atoms with Gasteiger partial charge in [0.2, 0.25) is 0 Å². The van der Waals surface area contributed by atoms with Crippen LogP contribution in [0.25, 0.3) is 0 Å². The molecule has 2 nitrogen and oxygen atoms in total. The van der Waals surface area contributed by atoms with E-state index in [1.165, 1.54) is 24.8 Å². The Morgan fingerprint density at radius 3 is 2.85 bits per heavy atom. The highest BCUT2D eigenvalue weighted by Gasteiger charge is 2.55. The molecule has 0 radical (unpaired) electrons. The fourth-order valence-corrected chi connectivity index (χ4v) is 5.91. The van der Waals surface area contributed by atoms with E-state index in [0.717, 1.165) is 37.5 Å². The van der Waals surface area contributed by atoms with Crippen molar-refractivity contribution in [1.29, 1.82) is 0 Å². The van der Waals surface area contributed by atoms with Crippen LogP contribution in [0, 0.1) is 29.1 Å². The fraction of sp³-hybridized carbons (Fsp3) is 0.778. The predicted octanol–water partition coefficient (Wildman–Crippen LogP) is 3.97. The number of fused-ring (bicyclic) bond motifs is 5. The van der Waals surface area contributed by atoms with E-state index in [2.05, 4.69) is 13.0 Å². The summed E-state index contributed by atoms with van der Waals surface area (Å²) in [5, 5.41) is 20.1. The molecule has 0 bridgehead atoms. The Labute approximate surface area is 121 Å². The maximum atomic E-state index is 10.4. The van der Waals surface area contributed by atoms with E-state index in [1.807, 2.05) is 6.08 Å². The third-order valence-electron chi connectivity index (χ3n) is 7.06. The van der Waals surface area contributed by atoms with Crippen LogP contribution in [0.3, 0.4) is 0 Å². The molecule has 0 heterocycles. The standard InChI is InChI=1S/C18H26O2/c1-18-9-8-14-13-5-3-12(19)10-11(13)2-4-15(14)16(18)6-7-17(18)20/h2,10,13-17,19-20H,3-9H2,1H3/t13-,14+,15+,16-,17-,18-/m0/s1. The van der Waals surface area contributed by atoms with Crippen LogP contribution in [0.2, 0.25) is 0 Å². The Kier molecular flexibility index (Phi) is 2.82. The molecule has 110 valence electrons. The van der Waals surface area contributed by atoms with Gasteiger partial charge in [-0.3, -0.25) is 0 Å². The van der Waals surface area contributed by atoms with Crippen molar-refractivity contribution < 1.29 is 10.2 Å². The summed E-state index contributed by atoms with van der Waals surface area (Å²) in [6.45, 7) is 2.33. The SMILES string of the molecule is C[C@]12CC[C@H]3[C@@H](CC=C4C=C(O)CC[C@@H]43)[C@@H]1CC[C@@H]2O. The molecule has 2 saturated carbocycles. The molecule has 2 N–H and O–H groups in total. The van der Waals surface area contributed by atoms with Crippen LogP contribution < -0.4 is 0 Å². The Morgan fingerprint density at radius 2 is 2.00 bits per heavy atom. The maximum Gasteiger partial charge on any atom is 0.0925 e. The molecule has 0 amide bonds. The first-order chi connectivity index (χ1) is 9.59. The highest BCUT2D eigenvalue weighted by atomic mass is 16.3. The molecule has 0 unspecified atom stereocenters. The van der Waals surface area contributed by atoms with Crippen LogP contribution >= 0.6 is 0 Å². The summed E-state index contributed by atoms with van der Waals surface area (Å²) in [7, 11) is 0. The number of allylic oxidation sites excluding steroid dienone is 4. The van der Waals surface area contributed by atoms with Gasteiger partial charge in [-0.25, -0.2) is 0 Å². The summed E-state index contributed by atoms with van der Waals surface area (Å²) in [5.74, 6) is 3.53. The van der Waals surface area contributed by atoms with Crippen LogP contribution in [0.15, 0.2) is 23.5 Å². The Balaban J connectivity index is 1.66. The first-order valence-corrected chi connectivity index (χ1v) is 8.37. The van der Waals surface area contributed by atoms with E-state index >= 15 is 0 Å². The van der Waals surface area contributed by atoms with Gasteiger partial charge < -0.3 is 10.2 Å². The molecule has 4 rings (SSSR count). The minimum atomic E-state index is -0.0749. The van der Waals surface area contributed by atoms with Gasteiger partial charge in [-0.05, 0) is 79.3 Å². The minimum Gasteiger partial charge on any atom is -0.512 e. The number of aliphatic hydroxyl groups is 2. The zero-order valence-electron chi connectivity index (χ0n) is 12.4. The van der Waals surface area contributed by atoms with E-state index in [0.29, 0.717) is 17.6 Å². The van der Waals surface area contributed by atoms with Crippen molar-refractivity contribution in [2.75, 3.05) is 0 Å². The molecule has 0 spiro atoms. The number of rotatable bonds is 0. The van der Waals surface area contributed by atoms with E-state index in [1.54, 1.807) is 0 Å². The van der Waals surface area contributed by atoms with Crippen molar-refractivity contribution in [1.82, 2.24) is 0 Å². The lowest BCUT2D eigenvalue weighted by Crippen LogP contribution is -2.46. The van der Waals surface area contributed by atoms with Gasteiger partial charge in [0.25, 0.3) is 0 Å². The molecule has 0 aliphatic heterocycles. The van der Waals surface area contributed by atoms with Crippen molar-refractivity contribution in [2.45, 2.75) is 58.0 Å². The molecule has 4 aliphatic carbocycles. The van der Waals surface area contributed by atoms with Crippen molar-refractivity contribution in [3.63, 3.8) is 0 Å². The molecular weight excluding hydrogens is 248 g/mol. The predicted molar refractivity (Wildman–Crippen MR) is 79.2 cm³/mol. The monoisotopic (exact) mass is 274 g/mol. The second-order valence-electron chi connectivity index (χ2n) is 7.79. The zero-order valence-corrected chi connectivity index (χ0v) is 12.4. The number of aliphatic hydroxyl groups excluding tert-OH is 2. The molecule has 6 atom stereocenters. The third-order valence-corrected chi connectivity index (χ3v) is 7.06. The summed E-state index contributed by atoms with van der Waals surface area (Å²) < 4.78 is 0. The molecule has 0 aromatic carbocycles. The van der Waals surface area contributed by atoms with Gasteiger partial charge in [-0.15, -0.1) is 0 Å². The maximum absolute atomic E-state index is 10.4. The van der Waals surface area contributed by atoms with Crippen molar-refractivity contribution in [2.24, 2.45) is 29.1 Å². The first kappa shape index (κ1) is 12.9. The average molecular weight is 274 g/mol. The van der Waals surface area contributed by atoms with Crippen molar-refractivity contribution in [3.8, 4) is 0 Å². The summed E-state index contributed by atoms with van der Waals surface area (Å²) in [5.41, 5.74) is 1.58. The molecular formula is C18H26O2. The topological polar surface area (TPSA) is 40.5 Å². The second-order valence-corrected chi connectivity index (χ2v) is 7.79. The Morgan fingerprint density at radius 1 is 1.15 bits per heavy atom. The van der Waals surface area contributed by atoms with Crippen molar-refractivity contribution in [3.05, 3.63) is 23.5 Å². The first-order valence-electron chi connectivity index (χ1n) is 8.37. The summed E-state index contributed by atoms with van der Waals surface area (Å²) in [6, 6.07) is 0. The zero-order chi connectivity index (χ0) is 13.9. The third kappa shape index (κ3) is 1.67. The van der Waals surface area contributed by atoms with E-state index in [4.69, 9.17) is 0 Å². The van der Waals surface area contributed by atoms with Crippen LogP contribution in [-0.2, 0) is 0 Å². The molecule has 2 fully saturated rings. The highest BCUT2D eigenvalue weighted by Crippen LogP contribution is 2.60. The Bertz CT molecular complexity index is 478. The molecule has 2 heteroatoms. The lowest BCUT2D eigenvalue weighted by molar-refractivity contribution is -0.0455. The normalized spacial score (nSPS) is 50.6. The van der Waals surface area contributed by atoms with E-state index in [-0.39, 0.29) is 11.5 Å². The van der Waals surface area contributed by atoms with Crippen LogP contribution in [0.4, 0.5) is 0 Å². The molecule has 4 aliphatic rings. The van der Waals surface area contributed by atoms with Gasteiger partial charge in [-0.2, -0.15) is 0 Å². The van der Waals surface area contributed by atoms with Crippen molar-refractivity contribution >= 4 is 0 Å². The van der Waals surface area contributed by atoms with Gasteiger partial charge in [-0.1, -0.05) is 13.0 Å². The van der Waals surface area contributed by atoms with Crippen LogP contribution in [0.5, 0.6) is 0 Å². The van der Waals surface area contributed by atoms with E-state index in [9.17, 15) is 10.2 Å². The van der Waals surface area contributed by atoms with Crippen LogP contribution in [-0.4, -0.2) is 16.3 Å². The summed E-state index contributed by atoms with van der Waals surface area (Å²) >= 11 is 0. The second kappa shape index (κ2) is 4.37. The van der Waals surface area contributed by atoms with Gasteiger partial charge >= 0.3 is 0 Å². The van der Waals surface area contributed by atoms with Gasteiger partial charge in [0.1, 0.15) is 0 Å². The van der Waals surface area contributed by atoms with Crippen LogP contribution in [0.1, 0.15) is 51.9 Å². The van der Waals surface area contributed by atoms with Gasteiger partial charge in [0, 0.05) is 6.42 Å². The lowest BCUT2D eigenvalue weighted by atomic mass is 9.53. The van der Waals surface area contributed by atoms with Gasteiger partial charge in [0.05, 0.1) is 11.9 Å². The molecule has 0 saturated heterocycles. The summed E-state index contributed by atoms with van der Waals surface area (Å²) in [6.07, 6.45) is 12.2. The Hall–Kier alpha value is -0.760. The number of hydrogen-bond acceptors (Lipinski definition) is 2. The molecule has 0 aromatic heterocycles. The largest absolute Gasteiger partial charge is 0.512 e. The molecule has 0 aromatic rings. The van der Waals surface area contributed by atoms with E-state index < -0.39 is 0 Å². The average Bonchev–Trinajstić information content (AvgIpc) is 2.74. The summed E-state index contributed by atoms with van der Waals surface area (Å²) in [4.78, 5) is 0. The lowest BCUT2D eigenvalue weighted by Gasteiger charge is -2.52. The minimum absolute atomic E-state index is 0.0749. The van der Waals surface area contributed by atoms with Gasteiger partial charge in [0.15, 0.2) is 0 Å². The highest BCUT2D eigenvalue weighted by molar-refractivity contribution is 5.31. The number of hydrogen-bond donors (Lipinski definition) is 2.